The van der Waals surface area contributed by atoms with Gasteiger partial charge in [0.2, 0.25) is 0 Å². The largest absolute Gasteiger partial charge is 0.458 e. The number of imide groups is 1. The lowest BCUT2D eigenvalue weighted by Crippen LogP contribution is -2.17. The van der Waals surface area contributed by atoms with Crippen LogP contribution in [0.3, 0.4) is 0 Å². The van der Waals surface area contributed by atoms with Crippen LogP contribution in [0.4, 0.5) is 4.79 Å². The first kappa shape index (κ1) is 14.7. The summed E-state index contributed by atoms with van der Waals surface area (Å²) < 4.78 is 10.5. The quantitative estimate of drug-likeness (QED) is 0.705. The summed E-state index contributed by atoms with van der Waals surface area (Å²) in [5, 5.41) is 12.8. The predicted molar refractivity (Wildman–Crippen MR) is 85.9 cm³/mol. The van der Waals surface area contributed by atoms with Gasteiger partial charge in [-0.3, -0.25) is 14.9 Å². The molecule has 2 N–H and O–H groups in total. The second kappa shape index (κ2) is 5.66. The lowest BCUT2D eigenvalue weighted by atomic mass is 10.1. The third-order valence-corrected chi connectivity index (χ3v) is 4.31. The van der Waals surface area contributed by atoms with E-state index in [1.165, 1.54) is 12.7 Å². The van der Waals surface area contributed by atoms with Gasteiger partial charge in [0.1, 0.15) is 23.3 Å². The lowest BCUT2D eigenvalue weighted by molar-refractivity contribution is -0.115. The molecule has 0 radical (unpaired) electrons. The van der Waals surface area contributed by atoms with Gasteiger partial charge in [0.15, 0.2) is 12.5 Å². The monoisotopic (exact) mass is 342 g/mol. The van der Waals surface area contributed by atoms with Crippen molar-refractivity contribution in [3.05, 3.63) is 58.8 Å². The van der Waals surface area contributed by atoms with Crippen LogP contribution in [0.5, 0.6) is 0 Å². The molecule has 1 aliphatic rings. The molecule has 1 saturated heterocycles. The van der Waals surface area contributed by atoms with Gasteiger partial charge in [0.05, 0.1) is 4.91 Å². The summed E-state index contributed by atoms with van der Waals surface area (Å²) in [5.41, 5.74) is 1.70. The third kappa shape index (κ3) is 2.61. The topological polar surface area (TPSA) is 106 Å². The van der Waals surface area contributed by atoms with Crippen LogP contribution in [0.15, 0.2) is 50.7 Å². The first-order chi connectivity index (χ1) is 11.6. The summed E-state index contributed by atoms with van der Waals surface area (Å²) in [6.07, 6.45) is 3.19. The molecular formula is C16H10N2O5S. The zero-order valence-electron chi connectivity index (χ0n) is 12.1. The van der Waals surface area contributed by atoms with E-state index in [2.05, 4.69) is 10.3 Å². The summed E-state index contributed by atoms with van der Waals surface area (Å²) >= 11 is 0.862. The molecule has 3 heterocycles. The number of nitrogens with zero attached hydrogens (tertiary/aromatic N) is 1. The van der Waals surface area contributed by atoms with Gasteiger partial charge in [-0.25, -0.2) is 4.98 Å². The molecule has 4 rings (SSSR count). The van der Waals surface area contributed by atoms with Crippen LogP contribution < -0.4 is 5.32 Å². The van der Waals surface area contributed by atoms with Crippen LogP contribution >= 0.6 is 11.8 Å². The van der Waals surface area contributed by atoms with Crippen LogP contribution in [-0.2, 0) is 4.79 Å². The van der Waals surface area contributed by atoms with Crippen LogP contribution in [0.1, 0.15) is 23.1 Å². The highest BCUT2D eigenvalue weighted by molar-refractivity contribution is 8.18. The Morgan fingerprint density at radius 1 is 1.29 bits per heavy atom. The van der Waals surface area contributed by atoms with Gasteiger partial charge in [-0.1, -0.05) is 6.07 Å². The van der Waals surface area contributed by atoms with Crippen molar-refractivity contribution in [3.8, 4) is 0 Å². The average Bonchev–Trinajstić information content (AvgIpc) is 3.27. The third-order valence-electron chi connectivity index (χ3n) is 3.50. The number of hydrogen-bond acceptors (Lipinski definition) is 7. The maximum atomic E-state index is 11.6. The molecule has 2 amide bonds. The summed E-state index contributed by atoms with van der Waals surface area (Å²) in [7, 11) is 0. The number of hydrogen-bond donors (Lipinski definition) is 2. The zero-order chi connectivity index (χ0) is 16.7. The Labute approximate surface area is 139 Å². The van der Waals surface area contributed by atoms with Gasteiger partial charge in [-0.2, -0.15) is 0 Å². The molecule has 1 aromatic carbocycles. The molecule has 8 heteroatoms. The van der Waals surface area contributed by atoms with E-state index in [1.807, 2.05) is 6.07 Å². The van der Waals surface area contributed by atoms with Crippen molar-refractivity contribution in [2.45, 2.75) is 6.10 Å². The molecule has 1 atom stereocenters. The van der Waals surface area contributed by atoms with E-state index in [-0.39, 0.29) is 5.24 Å². The Hall–Kier alpha value is -2.84. The number of carbonyl (C=O) groups is 2. The molecule has 24 heavy (non-hydrogen) atoms. The molecule has 1 fully saturated rings. The van der Waals surface area contributed by atoms with Gasteiger partial charge in [-0.05, 0) is 41.6 Å². The number of thioether (sulfide) groups is 1. The maximum Gasteiger partial charge on any atom is 0.290 e. The molecule has 2 aromatic heterocycles. The highest BCUT2D eigenvalue weighted by Gasteiger charge is 2.25. The number of carbonyl (C=O) groups excluding carboxylic acids is 2. The number of amides is 2. The normalized spacial score (nSPS) is 17.6. The number of fused-ring (bicyclic) bond motifs is 1. The van der Waals surface area contributed by atoms with Gasteiger partial charge in [-0.15, -0.1) is 0 Å². The van der Waals surface area contributed by atoms with Crippen molar-refractivity contribution in [1.82, 2.24) is 10.3 Å². The van der Waals surface area contributed by atoms with Crippen molar-refractivity contribution in [1.29, 1.82) is 0 Å². The summed E-state index contributed by atoms with van der Waals surface area (Å²) in [6.45, 7) is 0. The van der Waals surface area contributed by atoms with E-state index in [0.717, 1.165) is 22.7 Å². The number of furan rings is 1. The first-order valence-corrected chi connectivity index (χ1v) is 7.76. The molecule has 0 bridgehead atoms. The molecule has 7 nitrogen and oxygen atoms in total. The zero-order valence-corrected chi connectivity index (χ0v) is 12.9. The molecule has 3 aromatic rings. The minimum atomic E-state index is -1.02. The SMILES string of the molecule is O=C1NC(=O)C(=Cc2ccc3oc(C(O)c4cocn4)cc3c2)S1. The molecule has 120 valence electrons. The highest BCUT2D eigenvalue weighted by Crippen LogP contribution is 2.30. The van der Waals surface area contributed by atoms with E-state index in [0.29, 0.717) is 21.9 Å². The number of rotatable bonds is 3. The molecule has 1 unspecified atom stereocenters. The molecular weight excluding hydrogens is 332 g/mol. The van der Waals surface area contributed by atoms with E-state index in [4.69, 9.17) is 8.83 Å². The van der Waals surface area contributed by atoms with Crippen molar-refractivity contribution in [2.75, 3.05) is 0 Å². The lowest BCUT2D eigenvalue weighted by Gasteiger charge is -2.01. The first-order valence-electron chi connectivity index (χ1n) is 6.94. The van der Waals surface area contributed by atoms with Gasteiger partial charge >= 0.3 is 0 Å². The number of aliphatic hydroxyl groups is 1. The van der Waals surface area contributed by atoms with Crippen molar-refractivity contribution in [2.24, 2.45) is 0 Å². The average molecular weight is 342 g/mol. The standard InChI is InChI=1S/C16H10N2O5S/c19-14(10-6-22-7-17-10)12-5-9-3-8(1-2-11(9)23-12)4-13-15(20)18-16(21)24-13/h1-7,14,19H,(H,18,20,21). The van der Waals surface area contributed by atoms with Crippen molar-refractivity contribution < 1.29 is 23.5 Å². The fourth-order valence-electron chi connectivity index (χ4n) is 2.38. The van der Waals surface area contributed by atoms with Crippen LogP contribution in [-0.4, -0.2) is 21.2 Å². The fourth-order valence-corrected chi connectivity index (χ4v) is 3.06. The Bertz CT molecular complexity index is 974. The van der Waals surface area contributed by atoms with E-state index in [1.54, 1.807) is 24.3 Å². The van der Waals surface area contributed by atoms with Crippen LogP contribution in [0, 0.1) is 0 Å². The highest BCUT2D eigenvalue weighted by atomic mass is 32.2. The van der Waals surface area contributed by atoms with E-state index >= 15 is 0 Å². The summed E-state index contributed by atoms with van der Waals surface area (Å²) in [6, 6.07) is 7.01. The maximum absolute atomic E-state index is 11.6. The van der Waals surface area contributed by atoms with Gasteiger partial charge in [0, 0.05) is 5.39 Å². The smallest absolute Gasteiger partial charge is 0.290 e. The van der Waals surface area contributed by atoms with Crippen molar-refractivity contribution >= 4 is 40.0 Å². The summed E-state index contributed by atoms with van der Waals surface area (Å²) in [4.78, 5) is 27.0. The summed E-state index contributed by atoms with van der Waals surface area (Å²) in [5.74, 6) is -0.0636. The number of aliphatic hydroxyl groups excluding tert-OH is 1. The Morgan fingerprint density at radius 2 is 2.17 bits per heavy atom. The number of oxazole rings is 1. The molecule has 1 aliphatic heterocycles. The molecule has 0 spiro atoms. The van der Waals surface area contributed by atoms with E-state index in [9.17, 15) is 14.7 Å². The Balaban J connectivity index is 1.68. The molecule has 0 aliphatic carbocycles. The predicted octanol–water partition coefficient (Wildman–Crippen LogP) is 2.83. The molecule has 0 saturated carbocycles. The number of nitrogens with one attached hydrogen (secondary N) is 1. The Kier molecular flexibility index (Phi) is 3.47. The van der Waals surface area contributed by atoms with Crippen molar-refractivity contribution in [3.63, 3.8) is 0 Å². The minimum absolute atomic E-state index is 0.339. The minimum Gasteiger partial charge on any atom is -0.458 e. The second-order valence-corrected chi connectivity index (χ2v) is 6.13. The van der Waals surface area contributed by atoms with Gasteiger partial charge < -0.3 is 13.9 Å². The number of aromatic nitrogens is 1. The number of benzene rings is 1. The van der Waals surface area contributed by atoms with Crippen LogP contribution in [0.25, 0.3) is 17.0 Å². The fraction of sp³-hybridized carbons (Fsp3) is 0.0625. The van der Waals surface area contributed by atoms with Crippen LogP contribution in [0.2, 0.25) is 0 Å². The van der Waals surface area contributed by atoms with Gasteiger partial charge in [0.25, 0.3) is 11.1 Å². The Morgan fingerprint density at radius 3 is 2.88 bits per heavy atom. The van der Waals surface area contributed by atoms with E-state index < -0.39 is 12.0 Å². The second-order valence-electron chi connectivity index (χ2n) is 5.11.